The maximum Gasteiger partial charge on any atom is 0.191 e. The smallest absolute Gasteiger partial charge is 0.191 e. The van der Waals surface area contributed by atoms with Crippen LogP contribution in [0.5, 0.6) is 0 Å². The van der Waals surface area contributed by atoms with E-state index < -0.39 is 0 Å². The number of halogens is 2. The highest BCUT2D eigenvalue weighted by molar-refractivity contribution is 14.0. The van der Waals surface area contributed by atoms with Crippen molar-refractivity contribution in [1.82, 2.24) is 15.5 Å². The minimum Gasteiger partial charge on any atom is -0.374 e. The molecule has 1 aromatic carbocycles. The molecule has 0 bridgehead atoms. The normalized spacial score (nSPS) is 18.3. The molecule has 2 N–H and O–H groups in total. The van der Waals surface area contributed by atoms with Gasteiger partial charge in [0, 0.05) is 31.1 Å². The molecule has 1 fully saturated rings. The van der Waals surface area contributed by atoms with Gasteiger partial charge in [-0.25, -0.2) is 4.39 Å². The number of rotatable bonds is 8. The van der Waals surface area contributed by atoms with Crippen molar-refractivity contribution in [3.63, 3.8) is 0 Å². The summed E-state index contributed by atoms with van der Waals surface area (Å²) < 4.78 is 18.6. The summed E-state index contributed by atoms with van der Waals surface area (Å²) in [4.78, 5) is 8.00. The number of guanidine groups is 1. The van der Waals surface area contributed by atoms with Gasteiger partial charge in [0.05, 0.1) is 19.3 Å². The van der Waals surface area contributed by atoms with Crippen LogP contribution < -0.4 is 10.6 Å². The second kappa shape index (κ2) is 13.6. The molecule has 5 nitrogen and oxygen atoms in total. The Kier molecular flexibility index (Phi) is 12.2. The molecule has 1 aromatic rings. The van der Waals surface area contributed by atoms with Crippen molar-refractivity contribution in [3.05, 3.63) is 30.1 Å². The summed E-state index contributed by atoms with van der Waals surface area (Å²) in [5.41, 5.74) is 0. The third kappa shape index (κ3) is 9.38. The van der Waals surface area contributed by atoms with Crippen LogP contribution in [0.2, 0.25) is 0 Å². The third-order valence-electron chi connectivity index (χ3n) is 3.84. The monoisotopic (exact) mass is 496 g/mol. The highest BCUT2D eigenvalue weighted by atomic mass is 127. The molecular weight excluding hydrogens is 466 g/mol. The predicted molar refractivity (Wildman–Crippen MR) is 118 cm³/mol. The zero-order valence-electron chi connectivity index (χ0n) is 15.5. The van der Waals surface area contributed by atoms with E-state index in [9.17, 15) is 4.39 Å². The first kappa shape index (κ1) is 23.5. The summed E-state index contributed by atoms with van der Waals surface area (Å²) in [6.45, 7) is 7.12. The molecule has 0 aromatic heterocycles. The number of ether oxygens (including phenoxy) is 1. The minimum absolute atomic E-state index is 0. The first-order valence-electron chi connectivity index (χ1n) is 8.88. The summed E-state index contributed by atoms with van der Waals surface area (Å²) in [5, 5.41) is 6.63. The van der Waals surface area contributed by atoms with Crippen molar-refractivity contribution in [2.75, 3.05) is 52.1 Å². The van der Waals surface area contributed by atoms with E-state index in [0.29, 0.717) is 6.54 Å². The Hall–Kier alpha value is -0.580. The fourth-order valence-corrected chi connectivity index (χ4v) is 3.36. The van der Waals surface area contributed by atoms with E-state index in [1.54, 1.807) is 11.8 Å². The van der Waals surface area contributed by atoms with Crippen LogP contribution in [-0.2, 0) is 4.74 Å². The van der Waals surface area contributed by atoms with Gasteiger partial charge in [-0.3, -0.25) is 4.99 Å². The molecule has 0 saturated carbocycles. The number of likely N-dealkylation sites (N-methyl/N-ethyl adjacent to an activating group) is 1. The van der Waals surface area contributed by atoms with E-state index in [1.807, 2.05) is 12.1 Å². The molecule has 8 heteroatoms. The van der Waals surface area contributed by atoms with Crippen molar-refractivity contribution >= 4 is 41.7 Å². The third-order valence-corrected chi connectivity index (χ3v) is 4.93. The first-order chi connectivity index (χ1) is 12.2. The topological polar surface area (TPSA) is 48.9 Å². The Labute approximate surface area is 177 Å². The molecule has 148 valence electrons. The van der Waals surface area contributed by atoms with Gasteiger partial charge in [-0.1, -0.05) is 0 Å². The zero-order valence-corrected chi connectivity index (χ0v) is 18.7. The van der Waals surface area contributed by atoms with E-state index in [2.05, 4.69) is 34.5 Å². The van der Waals surface area contributed by atoms with E-state index in [4.69, 9.17) is 4.74 Å². The molecule has 1 unspecified atom stereocenters. The number of hydrogen-bond donors (Lipinski definition) is 2. The lowest BCUT2D eigenvalue weighted by Crippen LogP contribution is -2.43. The minimum atomic E-state index is -0.189. The average molecular weight is 496 g/mol. The van der Waals surface area contributed by atoms with Crippen LogP contribution in [0, 0.1) is 5.82 Å². The number of thioether (sulfide) groups is 1. The van der Waals surface area contributed by atoms with Crippen molar-refractivity contribution in [1.29, 1.82) is 0 Å². The van der Waals surface area contributed by atoms with Crippen LogP contribution in [0.25, 0.3) is 0 Å². The number of hydrogen-bond acceptors (Lipinski definition) is 4. The standard InChI is InChI=1S/C18H29FN4OS.HI/c1-3-20-18(22-13-16-14-23(2)10-11-24-16)21-9-4-12-25-17-7-5-15(19)6-8-17;/h5-8,16H,3-4,9-14H2,1-2H3,(H2,20,21,22);1H. The summed E-state index contributed by atoms with van der Waals surface area (Å²) in [5.74, 6) is 1.63. The predicted octanol–water partition coefficient (Wildman–Crippen LogP) is 2.81. The Morgan fingerprint density at radius 2 is 2.12 bits per heavy atom. The van der Waals surface area contributed by atoms with Gasteiger partial charge in [-0.15, -0.1) is 35.7 Å². The van der Waals surface area contributed by atoms with Crippen LogP contribution in [-0.4, -0.2) is 69.1 Å². The quantitative estimate of drug-likeness (QED) is 0.191. The van der Waals surface area contributed by atoms with Crippen LogP contribution in [0.3, 0.4) is 0 Å². The molecule has 1 saturated heterocycles. The van der Waals surface area contributed by atoms with Gasteiger partial charge in [-0.2, -0.15) is 0 Å². The number of aliphatic imine (C=N–C) groups is 1. The van der Waals surface area contributed by atoms with Crippen LogP contribution >= 0.6 is 35.7 Å². The summed E-state index contributed by atoms with van der Waals surface area (Å²) in [7, 11) is 2.11. The van der Waals surface area contributed by atoms with Crippen LogP contribution in [0.15, 0.2) is 34.2 Å². The number of benzene rings is 1. The molecule has 0 aliphatic carbocycles. The first-order valence-corrected chi connectivity index (χ1v) is 9.86. The summed E-state index contributed by atoms with van der Waals surface area (Å²) in [6, 6.07) is 6.64. The SMILES string of the molecule is CCNC(=NCC1CN(C)CCO1)NCCCSc1ccc(F)cc1.I. The lowest BCUT2D eigenvalue weighted by molar-refractivity contribution is -0.0136. The Bertz CT molecular complexity index is 532. The lowest BCUT2D eigenvalue weighted by Gasteiger charge is -2.29. The number of morpholine rings is 1. The van der Waals surface area contributed by atoms with Gasteiger partial charge in [-0.05, 0) is 50.4 Å². The van der Waals surface area contributed by atoms with Gasteiger partial charge >= 0.3 is 0 Å². The van der Waals surface area contributed by atoms with Crippen molar-refractivity contribution < 1.29 is 9.13 Å². The molecule has 1 aliphatic rings. The van der Waals surface area contributed by atoms with E-state index in [0.717, 1.165) is 55.8 Å². The second-order valence-corrected chi connectivity index (χ2v) is 7.23. The highest BCUT2D eigenvalue weighted by Crippen LogP contribution is 2.18. The second-order valence-electron chi connectivity index (χ2n) is 6.06. The zero-order chi connectivity index (χ0) is 17.9. The van der Waals surface area contributed by atoms with Crippen molar-refractivity contribution in [2.45, 2.75) is 24.3 Å². The van der Waals surface area contributed by atoms with Gasteiger partial charge in [0.25, 0.3) is 0 Å². The fraction of sp³-hybridized carbons (Fsp3) is 0.611. The number of nitrogens with one attached hydrogen (secondary N) is 2. The van der Waals surface area contributed by atoms with Gasteiger partial charge < -0.3 is 20.3 Å². The fourth-order valence-electron chi connectivity index (χ4n) is 2.51. The Morgan fingerprint density at radius 1 is 1.35 bits per heavy atom. The summed E-state index contributed by atoms with van der Waals surface area (Å²) >= 11 is 1.74. The van der Waals surface area contributed by atoms with Crippen LogP contribution in [0.1, 0.15) is 13.3 Å². The summed E-state index contributed by atoms with van der Waals surface area (Å²) in [6.07, 6.45) is 1.18. The maximum atomic E-state index is 12.9. The number of nitrogens with zero attached hydrogens (tertiary/aromatic N) is 2. The van der Waals surface area contributed by atoms with Gasteiger partial charge in [0.2, 0.25) is 0 Å². The molecule has 2 rings (SSSR count). The van der Waals surface area contributed by atoms with E-state index in [1.165, 1.54) is 12.1 Å². The molecular formula is C18H30FIN4OS. The largest absolute Gasteiger partial charge is 0.374 e. The average Bonchev–Trinajstić information content (AvgIpc) is 2.61. The molecule has 0 amide bonds. The Balaban J connectivity index is 0.00000338. The maximum absolute atomic E-state index is 12.9. The van der Waals surface area contributed by atoms with Gasteiger partial charge in [0.1, 0.15) is 5.82 Å². The van der Waals surface area contributed by atoms with Crippen LogP contribution in [0.4, 0.5) is 4.39 Å². The van der Waals surface area contributed by atoms with Crippen molar-refractivity contribution in [3.8, 4) is 0 Å². The Morgan fingerprint density at radius 3 is 2.81 bits per heavy atom. The molecule has 1 atom stereocenters. The van der Waals surface area contributed by atoms with Crippen molar-refractivity contribution in [2.24, 2.45) is 4.99 Å². The van der Waals surface area contributed by atoms with E-state index >= 15 is 0 Å². The molecule has 0 radical (unpaired) electrons. The van der Waals surface area contributed by atoms with Gasteiger partial charge in [0.15, 0.2) is 5.96 Å². The molecule has 0 spiro atoms. The molecule has 26 heavy (non-hydrogen) atoms. The molecule has 1 aliphatic heterocycles. The highest BCUT2D eigenvalue weighted by Gasteiger charge is 2.17. The van der Waals surface area contributed by atoms with E-state index in [-0.39, 0.29) is 35.9 Å². The molecule has 1 heterocycles. The lowest BCUT2D eigenvalue weighted by atomic mass is 10.3.